The Morgan fingerprint density at radius 2 is 2.14 bits per heavy atom. The monoisotopic (exact) mass is 285 g/mol. The summed E-state index contributed by atoms with van der Waals surface area (Å²) in [7, 11) is 3.45. The van der Waals surface area contributed by atoms with Gasteiger partial charge in [-0.25, -0.2) is 4.98 Å². The highest BCUT2D eigenvalue weighted by atomic mass is 16.1. The quantitative estimate of drug-likeness (QED) is 0.852. The van der Waals surface area contributed by atoms with E-state index in [1.165, 1.54) is 0 Å². The number of amides is 1. The van der Waals surface area contributed by atoms with Crippen LogP contribution in [0.15, 0.2) is 30.3 Å². The molecule has 2 rings (SSSR count). The molecule has 5 heteroatoms. The van der Waals surface area contributed by atoms with Crippen molar-refractivity contribution in [3.8, 4) is 0 Å². The van der Waals surface area contributed by atoms with Crippen molar-refractivity contribution in [3.63, 3.8) is 0 Å². The van der Waals surface area contributed by atoms with Gasteiger partial charge in [0.05, 0.1) is 17.0 Å². The zero-order valence-electron chi connectivity index (χ0n) is 12.5. The molecule has 0 bridgehead atoms. The van der Waals surface area contributed by atoms with Gasteiger partial charge in [-0.15, -0.1) is 0 Å². The van der Waals surface area contributed by atoms with E-state index in [1.54, 1.807) is 7.05 Å². The lowest BCUT2D eigenvalue weighted by Gasteiger charge is -2.23. The molecule has 1 heterocycles. The summed E-state index contributed by atoms with van der Waals surface area (Å²) in [4.78, 5) is 29.3. The lowest BCUT2D eigenvalue weighted by atomic mass is 10.1. The van der Waals surface area contributed by atoms with Crippen LogP contribution in [-0.4, -0.2) is 37.8 Å². The third kappa shape index (κ3) is 3.18. The Kier molecular flexibility index (Phi) is 4.52. The maximum absolute atomic E-state index is 11.6. The number of aldehydes is 1. The van der Waals surface area contributed by atoms with Crippen LogP contribution in [0.3, 0.4) is 0 Å². The number of anilines is 1. The van der Waals surface area contributed by atoms with Crippen molar-refractivity contribution in [2.24, 2.45) is 5.92 Å². The van der Waals surface area contributed by atoms with Gasteiger partial charge in [0, 0.05) is 26.0 Å². The summed E-state index contributed by atoms with van der Waals surface area (Å²) < 4.78 is 0. The van der Waals surface area contributed by atoms with Gasteiger partial charge in [-0.2, -0.15) is 0 Å². The molecule has 5 nitrogen and oxygen atoms in total. The first-order valence-corrected chi connectivity index (χ1v) is 6.84. The van der Waals surface area contributed by atoms with E-state index in [4.69, 9.17) is 0 Å². The van der Waals surface area contributed by atoms with Gasteiger partial charge in [-0.05, 0) is 12.1 Å². The summed E-state index contributed by atoms with van der Waals surface area (Å²) in [6.07, 6.45) is 0.801. The maximum atomic E-state index is 11.6. The lowest BCUT2D eigenvalue weighted by molar-refractivity contribution is -0.123. The predicted molar refractivity (Wildman–Crippen MR) is 83.6 cm³/mol. The fourth-order valence-corrected chi connectivity index (χ4v) is 2.34. The van der Waals surface area contributed by atoms with E-state index in [1.807, 2.05) is 49.2 Å². The van der Waals surface area contributed by atoms with Gasteiger partial charge in [-0.3, -0.25) is 9.59 Å². The van der Waals surface area contributed by atoms with Gasteiger partial charge < -0.3 is 10.2 Å². The number of nitrogens with zero attached hydrogens (tertiary/aromatic N) is 2. The van der Waals surface area contributed by atoms with Gasteiger partial charge in [0.1, 0.15) is 5.82 Å². The number of pyridine rings is 1. The van der Waals surface area contributed by atoms with E-state index in [-0.39, 0.29) is 11.8 Å². The van der Waals surface area contributed by atoms with E-state index in [9.17, 15) is 9.59 Å². The number of fused-ring (bicyclic) bond motifs is 1. The molecular formula is C16H19N3O2. The van der Waals surface area contributed by atoms with Gasteiger partial charge in [0.2, 0.25) is 5.91 Å². The average molecular weight is 285 g/mol. The minimum absolute atomic E-state index is 0.0321. The van der Waals surface area contributed by atoms with Gasteiger partial charge in [-0.1, -0.05) is 25.1 Å². The number of benzene rings is 1. The minimum atomic E-state index is -0.187. The summed E-state index contributed by atoms with van der Waals surface area (Å²) in [5.74, 6) is 0.377. The van der Waals surface area contributed by atoms with Crippen molar-refractivity contribution in [2.75, 3.05) is 25.5 Å². The summed E-state index contributed by atoms with van der Waals surface area (Å²) in [6, 6.07) is 9.48. The number of para-hydroxylation sites is 1. The predicted octanol–water partition coefficient (Wildman–Crippen LogP) is 1.87. The van der Waals surface area contributed by atoms with E-state index in [2.05, 4.69) is 10.3 Å². The molecule has 0 fully saturated rings. The first-order valence-electron chi connectivity index (χ1n) is 6.84. The molecule has 21 heavy (non-hydrogen) atoms. The molecule has 110 valence electrons. The van der Waals surface area contributed by atoms with Crippen LogP contribution >= 0.6 is 0 Å². The number of aromatic nitrogens is 1. The van der Waals surface area contributed by atoms with E-state index in [0.29, 0.717) is 17.9 Å². The third-order valence-corrected chi connectivity index (χ3v) is 3.46. The Morgan fingerprint density at radius 3 is 2.81 bits per heavy atom. The van der Waals surface area contributed by atoms with Crippen LogP contribution in [0.5, 0.6) is 0 Å². The van der Waals surface area contributed by atoms with Crippen molar-refractivity contribution < 1.29 is 9.59 Å². The van der Waals surface area contributed by atoms with Crippen molar-refractivity contribution in [1.82, 2.24) is 10.3 Å². The molecule has 0 saturated heterocycles. The summed E-state index contributed by atoms with van der Waals surface area (Å²) >= 11 is 0. The summed E-state index contributed by atoms with van der Waals surface area (Å²) in [6.45, 7) is 2.34. The molecule has 1 unspecified atom stereocenters. The molecule has 0 aliphatic carbocycles. The molecule has 0 saturated carbocycles. The Hall–Kier alpha value is -2.43. The fraction of sp³-hybridized carbons (Fsp3) is 0.312. The molecule has 1 N–H and O–H groups in total. The number of hydrogen-bond donors (Lipinski definition) is 1. The maximum Gasteiger partial charge on any atom is 0.224 e. The van der Waals surface area contributed by atoms with Crippen molar-refractivity contribution in [3.05, 3.63) is 35.9 Å². The highest BCUT2D eigenvalue weighted by Crippen LogP contribution is 2.22. The van der Waals surface area contributed by atoms with Crippen LogP contribution in [0, 0.1) is 5.92 Å². The molecule has 0 spiro atoms. The van der Waals surface area contributed by atoms with Crippen LogP contribution in [0.25, 0.3) is 10.9 Å². The molecule has 1 aromatic carbocycles. The number of carbonyl (C=O) groups excluding carboxylic acids is 2. The Balaban J connectivity index is 2.35. The van der Waals surface area contributed by atoms with Crippen molar-refractivity contribution in [1.29, 1.82) is 0 Å². The fourth-order valence-electron chi connectivity index (χ4n) is 2.34. The Morgan fingerprint density at radius 1 is 1.43 bits per heavy atom. The van der Waals surface area contributed by atoms with Crippen LogP contribution in [0.1, 0.15) is 17.3 Å². The molecule has 0 aliphatic rings. The number of carbonyl (C=O) groups is 2. The number of rotatable bonds is 5. The first kappa shape index (κ1) is 15.0. The second kappa shape index (κ2) is 6.35. The average Bonchev–Trinajstić information content (AvgIpc) is 2.52. The third-order valence-electron chi connectivity index (χ3n) is 3.46. The van der Waals surface area contributed by atoms with Crippen LogP contribution in [0.4, 0.5) is 5.82 Å². The zero-order valence-corrected chi connectivity index (χ0v) is 12.5. The van der Waals surface area contributed by atoms with Crippen molar-refractivity contribution in [2.45, 2.75) is 6.92 Å². The molecule has 0 aliphatic heterocycles. The summed E-state index contributed by atoms with van der Waals surface area (Å²) in [5.41, 5.74) is 1.36. The lowest BCUT2D eigenvalue weighted by Crippen LogP contribution is -2.35. The normalized spacial score (nSPS) is 12.0. The zero-order chi connectivity index (χ0) is 15.4. The first-order chi connectivity index (χ1) is 10.1. The van der Waals surface area contributed by atoms with E-state index < -0.39 is 0 Å². The number of nitrogens with one attached hydrogen (secondary N) is 1. The van der Waals surface area contributed by atoms with Gasteiger partial charge in [0.25, 0.3) is 0 Å². The van der Waals surface area contributed by atoms with E-state index >= 15 is 0 Å². The van der Waals surface area contributed by atoms with Gasteiger partial charge in [0.15, 0.2) is 6.29 Å². The molecule has 1 amide bonds. The van der Waals surface area contributed by atoms with Crippen LogP contribution in [0.2, 0.25) is 0 Å². The van der Waals surface area contributed by atoms with Crippen LogP contribution < -0.4 is 10.2 Å². The minimum Gasteiger partial charge on any atom is -0.359 e. The number of hydrogen-bond acceptors (Lipinski definition) is 4. The van der Waals surface area contributed by atoms with Gasteiger partial charge >= 0.3 is 0 Å². The molecule has 1 atom stereocenters. The Bertz CT molecular complexity index is 670. The standard InChI is InChI=1S/C16H19N3O2/c1-11(16(21)17-2)9-19(3)15-13(10-20)8-12-6-4-5-7-14(12)18-15/h4-8,10-11H,9H2,1-3H3,(H,17,21). The van der Waals surface area contributed by atoms with Crippen molar-refractivity contribution >= 4 is 28.9 Å². The molecule has 1 aromatic heterocycles. The van der Waals surface area contributed by atoms with Crippen LogP contribution in [-0.2, 0) is 4.79 Å². The highest BCUT2D eigenvalue weighted by Gasteiger charge is 2.17. The highest BCUT2D eigenvalue weighted by molar-refractivity contribution is 5.91. The molecular weight excluding hydrogens is 266 g/mol. The van der Waals surface area contributed by atoms with E-state index in [0.717, 1.165) is 17.2 Å². The topological polar surface area (TPSA) is 62.3 Å². The molecule has 0 radical (unpaired) electrons. The Labute approximate surface area is 124 Å². The second-order valence-corrected chi connectivity index (χ2v) is 5.11. The largest absolute Gasteiger partial charge is 0.359 e. The smallest absolute Gasteiger partial charge is 0.224 e. The second-order valence-electron chi connectivity index (χ2n) is 5.11. The SMILES string of the molecule is CNC(=O)C(C)CN(C)c1nc2ccccc2cc1C=O. The molecule has 2 aromatic rings. The summed E-state index contributed by atoms with van der Waals surface area (Å²) in [5, 5.41) is 3.55.